The second-order valence-electron chi connectivity index (χ2n) is 4.77. The van der Waals surface area contributed by atoms with Gasteiger partial charge in [0.25, 0.3) is 0 Å². The quantitative estimate of drug-likeness (QED) is 0.871. The maximum atomic E-state index is 4.36. The van der Waals surface area contributed by atoms with Crippen molar-refractivity contribution in [3.8, 4) is 0 Å². The molecule has 4 heteroatoms. The largest absolute Gasteiger partial charge is 0.313 e. The van der Waals surface area contributed by atoms with Crippen molar-refractivity contribution in [3.63, 3.8) is 0 Å². The molecule has 1 aliphatic heterocycles. The van der Waals surface area contributed by atoms with E-state index in [9.17, 15) is 0 Å². The maximum absolute atomic E-state index is 4.36. The molecule has 0 amide bonds. The van der Waals surface area contributed by atoms with Gasteiger partial charge in [0, 0.05) is 37.1 Å². The summed E-state index contributed by atoms with van der Waals surface area (Å²) in [5.74, 6) is 0. The molecule has 1 atom stereocenters. The van der Waals surface area contributed by atoms with Crippen LogP contribution in [0.3, 0.4) is 0 Å². The monoisotopic (exact) mass is 253 g/mol. The van der Waals surface area contributed by atoms with E-state index in [1.807, 2.05) is 6.20 Å². The minimum atomic E-state index is 0.693. The molecule has 17 heavy (non-hydrogen) atoms. The van der Waals surface area contributed by atoms with Gasteiger partial charge in [0.15, 0.2) is 0 Å². The molecule has 1 N–H and O–H groups in total. The Bertz CT molecular complexity index is 300. The standard InChI is InChI=1S/C13H23N3S/c1-2-4-12-11-16(8-3-6-14-12)9-5-13-15-7-10-17-13/h7,10,12,14H,2-6,8-9,11H2,1H3. The topological polar surface area (TPSA) is 28.2 Å². The van der Waals surface area contributed by atoms with Gasteiger partial charge in [-0.15, -0.1) is 11.3 Å². The van der Waals surface area contributed by atoms with Crippen molar-refractivity contribution >= 4 is 11.3 Å². The Morgan fingerprint density at radius 3 is 3.29 bits per heavy atom. The highest BCUT2D eigenvalue weighted by Gasteiger charge is 2.16. The highest BCUT2D eigenvalue weighted by atomic mass is 32.1. The van der Waals surface area contributed by atoms with Gasteiger partial charge in [0.05, 0.1) is 5.01 Å². The lowest BCUT2D eigenvalue weighted by atomic mass is 10.1. The molecular weight excluding hydrogens is 230 g/mol. The third kappa shape index (κ3) is 4.37. The number of thiazole rings is 1. The summed E-state index contributed by atoms with van der Waals surface area (Å²) < 4.78 is 0. The van der Waals surface area contributed by atoms with Crippen LogP contribution in [0.2, 0.25) is 0 Å². The first kappa shape index (κ1) is 13.0. The van der Waals surface area contributed by atoms with Gasteiger partial charge in [-0.3, -0.25) is 0 Å². The molecule has 3 nitrogen and oxygen atoms in total. The summed E-state index contributed by atoms with van der Waals surface area (Å²) in [6.07, 6.45) is 6.87. The SMILES string of the molecule is CCCC1CN(CCc2nccs2)CCCN1. The van der Waals surface area contributed by atoms with Crippen molar-refractivity contribution in [3.05, 3.63) is 16.6 Å². The van der Waals surface area contributed by atoms with Crippen LogP contribution in [-0.2, 0) is 6.42 Å². The van der Waals surface area contributed by atoms with Gasteiger partial charge < -0.3 is 10.2 Å². The normalized spacial score (nSPS) is 22.5. The number of nitrogens with zero attached hydrogens (tertiary/aromatic N) is 2. The molecular formula is C13H23N3S. The minimum Gasteiger partial charge on any atom is -0.313 e. The number of nitrogens with one attached hydrogen (secondary N) is 1. The predicted octanol–water partition coefficient (Wildman–Crippen LogP) is 2.15. The van der Waals surface area contributed by atoms with Crippen molar-refractivity contribution in [1.82, 2.24) is 15.2 Å². The van der Waals surface area contributed by atoms with E-state index >= 15 is 0 Å². The molecule has 0 aliphatic carbocycles. The first-order valence-electron chi connectivity index (χ1n) is 6.72. The van der Waals surface area contributed by atoms with Crippen LogP contribution in [0, 0.1) is 0 Å². The van der Waals surface area contributed by atoms with Gasteiger partial charge in [-0.05, 0) is 25.9 Å². The Labute approximate surface area is 108 Å². The summed E-state index contributed by atoms with van der Waals surface area (Å²) >= 11 is 1.77. The lowest BCUT2D eigenvalue weighted by Gasteiger charge is -2.23. The smallest absolute Gasteiger partial charge is 0.0937 e. The molecule has 0 radical (unpaired) electrons. The first-order chi connectivity index (χ1) is 8.38. The number of hydrogen-bond donors (Lipinski definition) is 1. The minimum absolute atomic E-state index is 0.693. The van der Waals surface area contributed by atoms with E-state index in [-0.39, 0.29) is 0 Å². The van der Waals surface area contributed by atoms with Crippen LogP contribution in [0.15, 0.2) is 11.6 Å². The van der Waals surface area contributed by atoms with Gasteiger partial charge in [-0.1, -0.05) is 13.3 Å². The average molecular weight is 253 g/mol. The lowest BCUT2D eigenvalue weighted by Crippen LogP contribution is -2.38. The summed E-state index contributed by atoms with van der Waals surface area (Å²) in [6.45, 7) is 7.05. The third-order valence-electron chi connectivity index (χ3n) is 3.33. The zero-order valence-electron chi connectivity index (χ0n) is 10.7. The number of hydrogen-bond acceptors (Lipinski definition) is 4. The Morgan fingerprint density at radius 1 is 1.59 bits per heavy atom. The Kier molecular flexibility index (Phi) is 5.42. The lowest BCUT2D eigenvalue weighted by molar-refractivity contribution is 0.265. The van der Waals surface area contributed by atoms with E-state index in [0.29, 0.717) is 6.04 Å². The van der Waals surface area contributed by atoms with Crippen molar-refractivity contribution in [2.45, 2.75) is 38.6 Å². The van der Waals surface area contributed by atoms with E-state index < -0.39 is 0 Å². The second kappa shape index (κ2) is 7.09. The molecule has 1 fully saturated rings. The first-order valence-corrected chi connectivity index (χ1v) is 7.60. The van der Waals surface area contributed by atoms with Crippen LogP contribution < -0.4 is 5.32 Å². The van der Waals surface area contributed by atoms with E-state index in [1.165, 1.54) is 43.9 Å². The molecule has 1 aromatic heterocycles. The molecule has 0 bridgehead atoms. The van der Waals surface area contributed by atoms with Gasteiger partial charge in [-0.25, -0.2) is 4.98 Å². The predicted molar refractivity (Wildman–Crippen MR) is 73.6 cm³/mol. The molecule has 1 aromatic rings. The van der Waals surface area contributed by atoms with E-state index in [4.69, 9.17) is 0 Å². The molecule has 1 unspecified atom stereocenters. The molecule has 0 spiro atoms. The zero-order chi connectivity index (χ0) is 11.9. The summed E-state index contributed by atoms with van der Waals surface area (Å²) in [5, 5.41) is 6.99. The summed E-state index contributed by atoms with van der Waals surface area (Å²) in [5.41, 5.74) is 0. The van der Waals surface area contributed by atoms with Crippen LogP contribution in [-0.4, -0.2) is 42.1 Å². The van der Waals surface area contributed by atoms with Crippen LogP contribution in [0.5, 0.6) is 0 Å². The Hall–Kier alpha value is -0.450. The Balaban J connectivity index is 1.78. The fourth-order valence-corrected chi connectivity index (χ4v) is 3.06. The summed E-state index contributed by atoms with van der Waals surface area (Å²) in [4.78, 5) is 6.95. The fourth-order valence-electron chi connectivity index (χ4n) is 2.45. The summed E-state index contributed by atoms with van der Waals surface area (Å²) in [7, 11) is 0. The molecule has 0 aromatic carbocycles. The van der Waals surface area contributed by atoms with Gasteiger partial charge in [0.1, 0.15) is 0 Å². The van der Waals surface area contributed by atoms with Crippen LogP contribution >= 0.6 is 11.3 Å². The maximum Gasteiger partial charge on any atom is 0.0937 e. The highest BCUT2D eigenvalue weighted by Crippen LogP contribution is 2.09. The van der Waals surface area contributed by atoms with Crippen molar-refractivity contribution in [1.29, 1.82) is 0 Å². The zero-order valence-corrected chi connectivity index (χ0v) is 11.5. The Morgan fingerprint density at radius 2 is 2.53 bits per heavy atom. The second-order valence-corrected chi connectivity index (χ2v) is 5.75. The average Bonchev–Trinajstić information content (AvgIpc) is 2.75. The van der Waals surface area contributed by atoms with E-state index in [1.54, 1.807) is 11.3 Å². The van der Waals surface area contributed by atoms with Crippen LogP contribution in [0.4, 0.5) is 0 Å². The molecule has 1 saturated heterocycles. The van der Waals surface area contributed by atoms with E-state index in [2.05, 4.69) is 27.5 Å². The van der Waals surface area contributed by atoms with Crippen LogP contribution in [0.25, 0.3) is 0 Å². The molecule has 2 rings (SSSR count). The van der Waals surface area contributed by atoms with Gasteiger partial charge >= 0.3 is 0 Å². The number of aromatic nitrogens is 1. The number of rotatable bonds is 5. The van der Waals surface area contributed by atoms with Gasteiger partial charge in [0.2, 0.25) is 0 Å². The molecule has 0 saturated carbocycles. The van der Waals surface area contributed by atoms with E-state index in [0.717, 1.165) is 13.0 Å². The molecule has 1 aliphatic rings. The van der Waals surface area contributed by atoms with Gasteiger partial charge in [-0.2, -0.15) is 0 Å². The highest BCUT2D eigenvalue weighted by molar-refractivity contribution is 7.09. The van der Waals surface area contributed by atoms with Crippen LogP contribution in [0.1, 0.15) is 31.2 Å². The molecule has 96 valence electrons. The van der Waals surface area contributed by atoms with Crippen molar-refractivity contribution in [2.75, 3.05) is 26.2 Å². The van der Waals surface area contributed by atoms with Crippen molar-refractivity contribution in [2.24, 2.45) is 0 Å². The third-order valence-corrected chi connectivity index (χ3v) is 4.16. The fraction of sp³-hybridized carbons (Fsp3) is 0.769. The molecule has 2 heterocycles. The van der Waals surface area contributed by atoms with Crippen molar-refractivity contribution < 1.29 is 0 Å². The summed E-state index contributed by atoms with van der Waals surface area (Å²) in [6, 6.07) is 0.693.